The van der Waals surface area contributed by atoms with Gasteiger partial charge in [0, 0.05) is 24.3 Å². The molecule has 8 heteroatoms. The Hall–Kier alpha value is -3.16. The van der Waals surface area contributed by atoms with Crippen LogP contribution in [0, 0.1) is 13.8 Å². The lowest BCUT2D eigenvalue weighted by atomic mass is 9.96. The van der Waals surface area contributed by atoms with Crippen LogP contribution in [0.4, 0.5) is 0 Å². The number of aryl methyl sites for hydroxylation is 2. The molecule has 1 N–H and O–H groups in total. The maximum Gasteiger partial charge on any atom is 0.295 e. The number of amides is 1. The summed E-state index contributed by atoms with van der Waals surface area (Å²) in [6.45, 7) is 4.62. The molecule has 166 valence electrons. The molecule has 1 fully saturated rings. The van der Waals surface area contributed by atoms with Crippen LogP contribution in [0.25, 0.3) is 11.4 Å². The molecule has 0 unspecified atom stereocenters. The SMILES string of the molecule is Cc1nc2c(C)cccn2c1/C(O)=C1\C(=O)C(=O)N(CCN(C)C)[C@@H]1c1ccc(Cl)cc1. The second-order valence-electron chi connectivity index (χ2n) is 8.28. The third-order valence-electron chi connectivity index (χ3n) is 5.76. The summed E-state index contributed by atoms with van der Waals surface area (Å²) in [5, 5.41) is 12.0. The number of aliphatic hydroxyl groups is 1. The number of Topliss-reactive ketones (excluding diaryl/α,β-unsaturated/α-hetero) is 1. The normalized spacial score (nSPS) is 18.3. The van der Waals surface area contributed by atoms with Crippen LogP contribution >= 0.6 is 11.6 Å². The van der Waals surface area contributed by atoms with Gasteiger partial charge in [-0.1, -0.05) is 29.8 Å². The van der Waals surface area contributed by atoms with Crippen molar-refractivity contribution in [3.63, 3.8) is 0 Å². The average Bonchev–Trinajstić information content (AvgIpc) is 3.21. The van der Waals surface area contributed by atoms with E-state index in [1.165, 1.54) is 4.90 Å². The van der Waals surface area contributed by atoms with E-state index in [1.807, 2.05) is 38.1 Å². The average molecular weight is 453 g/mol. The lowest BCUT2D eigenvalue weighted by Gasteiger charge is -2.26. The Morgan fingerprint density at radius 1 is 1.16 bits per heavy atom. The number of hydrogen-bond donors (Lipinski definition) is 1. The van der Waals surface area contributed by atoms with E-state index < -0.39 is 17.7 Å². The molecular weight excluding hydrogens is 428 g/mol. The van der Waals surface area contributed by atoms with E-state index in [0.717, 1.165) is 5.56 Å². The van der Waals surface area contributed by atoms with E-state index in [0.29, 0.717) is 40.7 Å². The van der Waals surface area contributed by atoms with Crippen LogP contribution in [0.2, 0.25) is 5.02 Å². The highest BCUT2D eigenvalue weighted by atomic mass is 35.5. The number of pyridine rings is 1. The summed E-state index contributed by atoms with van der Waals surface area (Å²) >= 11 is 6.07. The number of likely N-dealkylation sites (N-methyl/N-ethyl adjacent to an activating group) is 1. The third kappa shape index (κ3) is 3.67. The maximum absolute atomic E-state index is 13.2. The molecule has 4 rings (SSSR count). The number of aromatic nitrogens is 2. The molecule has 1 aliphatic rings. The molecule has 1 amide bonds. The van der Waals surface area contributed by atoms with Crippen molar-refractivity contribution in [3.05, 3.63) is 75.7 Å². The molecule has 1 aromatic carbocycles. The topological polar surface area (TPSA) is 78.1 Å². The fourth-order valence-corrected chi connectivity index (χ4v) is 4.27. The number of nitrogens with zero attached hydrogens (tertiary/aromatic N) is 4. The lowest BCUT2D eigenvalue weighted by molar-refractivity contribution is -0.140. The highest BCUT2D eigenvalue weighted by Crippen LogP contribution is 2.40. The number of imidazole rings is 1. The third-order valence-corrected chi connectivity index (χ3v) is 6.01. The molecule has 1 atom stereocenters. The van der Waals surface area contributed by atoms with Crippen LogP contribution in [0.5, 0.6) is 0 Å². The highest BCUT2D eigenvalue weighted by molar-refractivity contribution is 6.46. The first-order valence-electron chi connectivity index (χ1n) is 10.3. The predicted octanol–water partition coefficient (Wildman–Crippen LogP) is 3.59. The number of likely N-dealkylation sites (tertiary alicyclic amines) is 1. The Bertz CT molecular complexity index is 1240. The maximum atomic E-state index is 13.2. The van der Waals surface area contributed by atoms with Crippen LogP contribution in [0.15, 0.2) is 48.2 Å². The van der Waals surface area contributed by atoms with Gasteiger partial charge in [0.2, 0.25) is 0 Å². The number of halogens is 1. The van der Waals surface area contributed by atoms with Gasteiger partial charge >= 0.3 is 0 Å². The number of carbonyl (C=O) groups excluding carboxylic acids is 2. The summed E-state index contributed by atoms with van der Waals surface area (Å²) in [5.41, 5.74) is 3.38. The molecule has 2 aromatic heterocycles. The first-order chi connectivity index (χ1) is 15.2. The molecular formula is C24H25ClN4O3. The minimum Gasteiger partial charge on any atom is -0.505 e. The first-order valence-corrected chi connectivity index (χ1v) is 10.7. The summed E-state index contributed by atoms with van der Waals surface area (Å²) in [5.74, 6) is -1.56. The number of hydrogen-bond acceptors (Lipinski definition) is 5. The largest absolute Gasteiger partial charge is 0.505 e. The van der Waals surface area contributed by atoms with E-state index >= 15 is 0 Å². The van der Waals surface area contributed by atoms with Gasteiger partial charge in [0.25, 0.3) is 11.7 Å². The van der Waals surface area contributed by atoms with Gasteiger partial charge in [-0.25, -0.2) is 4.98 Å². The zero-order chi connectivity index (χ0) is 23.2. The Balaban J connectivity index is 1.94. The van der Waals surface area contributed by atoms with E-state index in [-0.39, 0.29) is 11.3 Å². The number of carbonyl (C=O) groups is 2. The minimum absolute atomic E-state index is 0.0579. The van der Waals surface area contributed by atoms with Crippen molar-refractivity contribution in [2.75, 3.05) is 27.2 Å². The summed E-state index contributed by atoms with van der Waals surface area (Å²) in [4.78, 5) is 34.2. The van der Waals surface area contributed by atoms with Crippen LogP contribution in [-0.4, -0.2) is 63.2 Å². The summed E-state index contributed by atoms with van der Waals surface area (Å²) in [7, 11) is 3.80. The van der Waals surface area contributed by atoms with Crippen molar-refractivity contribution in [1.82, 2.24) is 19.2 Å². The zero-order valence-corrected chi connectivity index (χ0v) is 19.2. The van der Waals surface area contributed by atoms with E-state index in [4.69, 9.17) is 11.6 Å². The lowest BCUT2D eigenvalue weighted by Crippen LogP contribution is -2.35. The van der Waals surface area contributed by atoms with Gasteiger partial charge in [-0.2, -0.15) is 0 Å². The van der Waals surface area contributed by atoms with E-state index in [1.54, 1.807) is 41.8 Å². The summed E-state index contributed by atoms with van der Waals surface area (Å²) in [6.07, 6.45) is 1.79. The Kier molecular flexibility index (Phi) is 5.79. The summed E-state index contributed by atoms with van der Waals surface area (Å²) in [6, 6.07) is 10.0. The van der Waals surface area contributed by atoms with Gasteiger partial charge < -0.3 is 14.9 Å². The van der Waals surface area contributed by atoms with Crippen molar-refractivity contribution in [2.24, 2.45) is 0 Å². The van der Waals surface area contributed by atoms with Gasteiger partial charge in [0.15, 0.2) is 5.76 Å². The number of fused-ring (bicyclic) bond motifs is 1. The van der Waals surface area contributed by atoms with Crippen molar-refractivity contribution in [2.45, 2.75) is 19.9 Å². The number of rotatable bonds is 5. The van der Waals surface area contributed by atoms with Gasteiger partial charge in [-0.3, -0.25) is 14.0 Å². The molecule has 32 heavy (non-hydrogen) atoms. The molecule has 3 heterocycles. The standard InChI is InChI=1S/C24H25ClN4O3/c1-14-6-5-11-28-19(15(2)26-23(14)28)21(30)18-20(16-7-9-17(25)10-8-16)29(13-12-27(3)4)24(32)22(18)31/h5-11,20,30H,12-13H2,1-4H3/b21-18+/t20-/m1/s1. The zero-order valence-electron chi connectivity index (χ0n) is 18.5. The molecule has 0 spiro atoms. The Morgan fingerprint density at radius 3 is 2.50 bits per heavy atom. The molecule has 0 aliphatic carbocycles. The fourth-order valence-electron chi connectivity index (χ4n) is 4.14. The van der Waals surface area contributed by atoms with Crippen molar-refractivity contribution < 1.29 is 14.7 Å². The second-order valence-corrected chi connectivity index (χ2v) is 8.71. The van der Waals surface area contributed by atoms with Gasteiger partial charge in [0.05, 0.1) is 17.3 Å². The second kappa shape index (κ2) is 8.41. The van der Waals surface area contributed by atoms with E-state index in [2.05, 4.69) is 4.98 Å². The van der Waals surface area contributed by atoms with Crippen LogP contribution in [0.3, 0.4) is 0 Å². The van der Waals surface area contributed by atoms with Gasteiger partial charge in [0.1, 0.15) is 11.3 Å². The molecule has 0 saturated carbocycles. The monoisotopic (exact) mass is 452 g/mol. The van der Waals surface area contributed by atoms with Crippen LogP contribution in [-0.2, 0) is 9.59 Å². The predicted molar refractivity (Wildman–Crippen MR) is 124 cm³/mol. The van der Waals surface area contributed by atoms with Crippen LogP contribution in [0.1, 0.15) is 28.6 Å². The van der Waals surface area contributed by atoms with Crippen molar-refractivity contribution in [1.29, 1.82) is 0 Å². The fraction of sp³-hybridized carbons (Fsp3) is 0.292. The van der Waals surface area contributed by atoms with Gasteiger partial charge in [-0.15, -0.1) is 0 Å². The highest BCUT2D eigenvalue weighted by Gasteiger charge is 2.46. The smallest absolute Gasteiger partial charge is 0.295 e. The van der Waals surface area contributed by atoms with Crippen molar-refractivity contribution in [3.8, 4) is 0 Å². The molecule has 0 radical (unpaired) electrons. The molecule has 1 aliphatic heterocycles. The number of aliphatic hydroxyl groups excluding tert-OH is 1. The van der Waals surface area contributed by atoms with Crippen LogP contribution < -0.4 is 0 Å². The van der Waals surface area contributed by atoms with E-state index in [9.17, 15) is 14.7 Å². The van der Waals surface area contributed by atoms with Gasteiger partial charge in [-0.05, 0) is 57.3 Å². The minimum atomic E-state index is -0.720. The number of ketones is 1. The molecule has 3 aromatic rings. The Morgan fingerprint density at radius 2 is 1.84 bits per heavy atom. The quantitative estimate of drug-likeness (QED) is 0.363. The first kappa shape index (κ1) is 22.0. The number of benzene rings is 1. The molecule has 0 bridgehead atoms. The summed E-state index contributed by atoms with van der Waals surface area (Å²) < 4.78 is 1.76. The Labute approximate surface area is 191 Å². The molecule has 1 saturated heterocycles. The van der Waals surface area contributed by atoms with Crippen molar-refractivity contribution >= 4 is 34.7 Å². The molecule has 7 nitrogen and oxygen atoms in total.